The lowest BCUT2D eigenvalue weighted by molar-refractivity contribution is -0.139. The van der Waals surface area contributed by atoms with Crippen LogP contribution in [0.4, 0.5) is 0 Å². The Balaban J connectivity index is 1.46. The van der Waals surface area contributed by atoms with Crippen LogP contribution in [0.15, 0.2) is 48.5 Å². The van der Waals surface area contributed by atoms with Gasteiger partial charge in [-0.05, 0) is 49.1 Å². The third kappa shape index (κ3) is 4.79. The van der Waals surface area contributed by atoms with E-state index in [1.54, 1.807) is 30.0 Å². The van der Waals surface area contributed by atoms with Gasteiger partial charge < -0.3 is 14.4 Å². The van der Waals surface area contributed by atoms with E-state index in [4.69, 9.17) is 9.47 Å². The molecule has 0 unspecified atom stereocenters. The van der Waals surface area contributed by atoms with E-state index >= 15 is 0 Å². The van der Waals surface area contributed by atoms with Crippen molar-refractivity contribution in [3.05, 3.63) is 70.8 Å². The fraction of sp³-hybridized carbons (Fsp3) is 0.400. The number of amides is 1. The summed E-state index contributed by atoms with van der Waals surface area (Å²) in [6.45, 7) is 3.04. The summed E-state index contributed by atoms with van der Waals surface area (Å²) in [5, 5.41) is 0. The van der Waals surface area contributed by atoms with Gasteiger partial charge in [0.2, 0.25) is 0 Å². The molecule has 0 saturated carbocycles. The Hall–Kier alpha value is -3.15. The predicted molar refractivity (Wildman–Crippen MR) is 115 cm³/mol. The molecule has 1 saturated heterocycles. The number of fused-ring (bicyclic) bond motifs is 1. The van der Waals surface area contributed by atoms with Crippen molar-refractivity contribution < 1.29 is 23.9 Å². The van der Waals surface area contributed by atoms with Gasteiger partial charge in [0.1, 0.15) is 6.10 Å². The standard InChI is InChI=1S/C25H27NO5/c1-17(23(27)26-13-7-2-3-8-14-26)30-24(28)19-11-12-21-20(15-19)16-22(31-25(21)29)18-9-5-4-6-10-18/h4-6,9-12,15,17,22H,2-3,7-8,13-14,16H2,1H3/t17-,22+/m0/s1. The molecule has 2 atom stereocenters. The number of hydrogen-bond acceptors (Lipinski definition) is 5. The number of ether oxygens (including phenoxy) is 2. The molecule has 0 aliphatic carbocycles. The molecule has 2 aromatic rings. The number of hydrogen-bond donors (Lipinski definition) is 0. The van der Waals surface area contributed by atoms with Gasteiger partial charge in [-0.15, -0.1) is 0 Å². The third-order valence-corrected chi connectivity index (χ3v) is 5.94. The van der Waals surface area contributed by atoms with Gasteiger partial charge >= 0.3 is 11.9 Å². The van der Waals surface area contributed by atoms with Crippen molar-refractivity contribution in [3.63, 3.8) is 0 Å². The Labute approximate surface area is 182 Å². The first-order valence-electron chi connectivity index (χ1n) is 10.9. The maximum Gasteiger partial charge on any atom is 0.339 e. The zero-order chi connectivity index (χ0) is 21.8. The van der Waals surface area contributed by atoms with Gasteiger partial charge in [0.05, 0.1) is 11.1 Å². The lowest BCUT2D eigenvalue weighted by Gasteiger charge is -2.26. The minimum Gasteiger partial charge on any atom is -0.454 e. The molecule has 0 spiro atoms. The van der Waals surface area contributed by atoms with Crippen molar-refractivity contribution >= 4 is 17.8 Å². The molecule has 2 aliphatic rings. The summed E-state index contributed by atoms with van der Waals surface area (Å²) < 4.78 is 11.0. The van der Waals surface area contributed by atoms with Crippen LogP contribution in [0.1, 0.15) is 70.6 Å². The minimum absolute atomic E-state index is 0.152. The van der Waals surface area contributed by atoms with Crippen molar-refractivity contribution in [3.8, 4) is 0 Å². The molecule has 6 heteroatoms. The topological polar surface area (TPSA) is 72.9 Å². The van der Waals surface area contributed by atoms with Crippen molar-refractivity contribution in [2.45, 2.75) is 51.2 Å². The molecule has 0 radical (unpaired) electrons. The Morgan fingerprint density at radius 1 is 1.03 bits per heavy atom. The molecular formula is C25H27NO5. The Kier molecular flexibility index (Phi) is 6.35. The monoisotopic (exact) mass is 421 g/mol. The van der Waals surface area contributed by atoms with Crippen LogP contribution in [-0.2, 0) is 20.7 Å². The first kappa shape index (κ1) is 21.1. The van der Waals surface area contributed by atoms with E-state index in [-0.39, 0.29) is 5.91 Å². The number of benzene rings is 2. The summed E-state index contributed by atoms with van der Waals surface area (Å²) in [5.41, 5.74) is 2.44. The highest BCUT2D eigenvalue weighted by Gasteiger charge is 2.29. The summed E-state index contributed by atoms with van der Waals surface area (Å²) in [6.07, 6.45) is 3.46. The Morgan fingerprint density at radius 3 is 2.45 bits per heavy atom. The van der Waals surface area contributed by atoms with E-state index in [1.807, 2.05) is 30.3 Å². The quantitative estimate of drug-likeness (QED) is 0.696. The molecule has 1 amide bonds. The lowest BCUT2D eigenvalue weighted by Crippen LogP contribution is -2.40. The SMILES string of the molecule is C[C@H](OC(=O)c1ccc2c(c1)C[C@H](c1ccccc1)OC2=O)C(=O)N1CCCCCC1. The molecule has 1 fully saturated rings. The molecule has 2 aliphatic heterocycles. The van der Waals surface area contributed by atoms with Gasteiger partial charge in [0.25, 0.3) is 5.91 Å². The van der Waals surface area contributed by atoms with Crippen LogP contribution >= 0.6 is 0 Å². The van der Waals surface area contributed by atoms with E-state index in [1.165, 1.54) is 0 Å². The molecule has 2 heterocycles. The highest BCUT2D eigenvalue weighted by Crippen LogP contribution is 2.31. The number of carbonyl (C=O) groups is 3. The highest BCUT2D eigenvalue weighted by molar-refractivity contribution is 5.96. The van der Waals surface area contributed by atoms with Crippen molar-refractivity contribution in [2.75, 3.05) is 13.1 Å². The van der Waals surface area contributed by atoms with Gasteiger partial charge in [-0.25, -0.2) is 9.59 Å². The average molecular weight is 421 g/mol. The zero-order valence-corrected chi connectivity index (χ0v) is 17.7. The molecule has 0 bridgehead atoms. The van der Waals surface area contributed by atoms with Crippen LogP contribution in [0.25, 0.3) is 0 Å². The molecule has 31 heavy (non-hydrogen) atoms. The van der Waals surface area contributed by atoms with Crippen LogP contribution in [-0.4, -0.2) is 41.9 Å². The lowest BCUT2D eigenvalue weighted by atomic mass is 9.93. The number of likely N-dealkylation sites (tertiary alicyclic amines) is 1. The molecule has 2 aromatic carbocycles. The smallest absolute Gasteiger partial charge is 0.339 e. The second-order valence-electron chi connectivity index (χ2n) is 8.17. The van der Waals surface area contributed by atoms with Gasteiger partial charge in [0.15, 0.2) is 6.10 Å². The fourth-order valence-electron chi connectivity index (χ4n) is 4.20. The molecule has 6 nitrogen and oxygen atoms in total. The number of carbonyl (C=O) groups excluding carboxylic acids is 3. The number of esters is 2. The van der Waals surface area contributed by atoms with E-state index in [9.17, 15) is 14.4 Å². The summed E-state index contributed by atoms with van der Waals surface area (Å²) in [5.74, 6) is -1.12. The maximum absolute atomic E-state index is 12.7. The van der Waals surface area contributed by atoms with E-state index in [0.717, 1.165) is 36.8 Å². The normalized spacial score (nSPS) is 19.6. The Bertz CT molecular complexity index is 963. The van der Waals surface area contributed by atoms with Crippen LogP contribution in [0, 0.1) is 0 Å². The zero-order valence-electron chi connectivity index (χ0n) is 17.7. The number of cyclic esters (lactones) is 1. The molecule has 0 aromatic heterocycles. The van der Waals surface area contributed by atoms with Crippen molar-refractivity contribution in [1.82, 2.24) is 4.90 Å². The average Bonchev–Trinajstić information content (AvgIpc) is 3.08. The van der Waals surface area contributed by atoms with Gasteiger partial charge in [-0.3, -0.25) is 4.79 Å². The maximum atomic E-state index is 12.7. The summed E-state index contributed by atoms with van der Waals surface area (Å²) in [7, 11) is 0. The van der Waals surface area contributed by atoms with Gasteiger partial charge in [-0.1, -0.05) is 43.2 Å². The van der Waals surface area contributed by atoms with Crippen LogP contribution in [0.5, 0.6) is 0 Å². The second kappa shape index (κ2) is 9.33. The predicted octanol–water partition coefficient (Wildman–Crippen LogP) is 4.09. The second-order valence-corrected chi connectivity index (χ2v) is 8.17. The van der Waals surface area contributed by atoms with Crippen LogP contribution in [0.2, 0.25) is 0 Å². The minimum atomic E-state index is -0.844. The Morgan fingerprint density at radius 2 is 1.74 bits per heavy atom. The fourth-order valence-corrected chi connectivity index (χ4v) is 4.20. The highest BCUT2D eigenvalue weighted by atomic mass is 16.6. The third-order valence-electron chi connectivity index (χ3n) is 5.94. The number of nitrogens with zero attached hydrogens (tertiary/aromatic N) is 1. The van der Waals surface area contributed by atoms with Crippen molar-refractivity contribution in [1.29, 1.82) is 0 Å². The summed E-state index contributed by atoms with van der Waals surface area (Å²) in [6, 6.07) is 14.4. The summed E-state index contributed by atoms with van der Waals surface area (Å²) in [4.78, 5) is 39.6. The van der Waals surface area contributed by atoms with Crippen LogP contribution < -0.4 is 0 Å². The van der Waals surface area contributed by atoms with Crippen LogP contribution in [0.3, 0.4) is 0 Å². The molecule has 4 rings (SSSR count). The number of rotatable bonds is 4. The molecular weight excluding hydrogens is 394 g/mol. The summed E-state index contributed by atoms with van der Waals surface area (Å²) >= 11 is 0. The van der Waals surface area contributed by atoms with E-state index in [2.05, 4.69) is 0 Å². The first-order valence-corrected chi connectivity index (χ1v) is 10.9. The molecule has 0 N–H and O–H groups in total. The van der Waals surface area contributed by atoms with Gasteiger partial charge in [-0.2, -0.15) is 0 Å². The molecule has 162 valence electrons. The van der Waals surface area contributed by atoms with Crippen molar-refractivity contribution in [2.24, 2.45) is 0 Å². The van der Waals surface area contributed by atoms with Gasteiger partial charge in [0, 0.05) is 19.5 Å². The first-order chi connectivity index (χ1) is 15.0. The largest absolute Gasteiger partial charge is 0.454 e. The van der Waals surface area contributed by atoms with E-state index < -0.39 is 24.1 Å². The van der Waals surface area contributed by atoms with E-state index in [0.29, 0.717) is 30.6 Å².